The molecule has 1 unspecified atom stereocenters. The summed E-state index contributed by atoms with van der Waals surface area (Å²) in [6.07, 6.45) is 0. The minimum absolute atomic E-state index is 0. The van der Waals surface area contributed by atoms with Crippen LogP contribution < -0.4 is 15.3 Å². The van der Waals surface area contributed by atoms with Crippen molar-refractivity contribution < 1.29 is 53.3 Å². The average molecular weight is 903 g/mol. The van der Waals surface area contributed by atoms with Crippen molar-refractivity contribution in [3.05, 3.63) is 116 Å². The molecule has 1 radical (unpaired) electrons. The molecule has 5 aromatic rings. The number of nitrogens with zero attached hydrogens (tertiary/aromatic N) is 8. The number of nitrogens with two attached hydrogens (primary N) is 1. The number of sulfonamides is 2. The third kappa shape index (κ3) is 10.2. The van der Waals surface area contributed by atoms with Crippen LogP contribution in [0.5, 0.6) is 11.5 Å². The molecule has 0 bridgehead atoms. The van der Waals surface area contributed by atoms with Crippen LogP contribution in [0.15, 0.2) is 125 Å². The zero-order chi connectivity index (χ0) is 40.9. The molecule has 1 aliphatic rings. The maximum Gasteiger partial charge on any atom is 0.324 e. The van der Waals surface area contributed by atoms with E-state index >= 15 is 0 Å². The number of benzene rings is 4. The van der Waals surface area contributed by atoms with Gasteiger partial charge in [0.2, 0.25) is 0 Å². The molecule has 57 heavy (non-hydrogen) atoms. The van der Waals surface area contributed by atoms with Gasteiger partial charge in [0.1, 0.15) is 37.8 Å². The fraction of sp³-hybridized carbons (Fsp3) is 0.147. The van der Waals surface area contributed by atoms with E-state index in [1.54, 1.807) is 62.4 Å². The van der Waals surface area contributed by atoms with Crippen molar-refractivity contribution in [2.24, 2.45) is 25.6 Å². The zero-order valence-electron chi connectivity index (χ0n) is 30.1. The van der Waals surface area contributed by atoms with Gasteiger partial charge in [0, 0.05) is 26.8 Å². The number of aromatic amines is 1. The Morgan fingerprint density at radius 3 is 1.96 bits per heavy atom. The number of azo groups is 2. The van der Waals surface area contributed by atoms with Crippen molar-refractivity contribution in [3.8, 4) is 17.2 Å². The Balaban J connectivity index is 0.000000248. The quantitative estimate of drug-likeness (QED) is 0.125. The summed E-state index contributed by atoms with van der Waals surface area (Å²) in [5.41, 5.74) is 1.22. The van der Waals surface area contributed by atoms with Crippen molar-refractivity contribution in [3.63, 3.8) is 0 Å². The van der Waals surface area contributed by atoms with Gasteiger partial charge in [-0.3, -0.25) is 14.7 Å². The summed E-state index contributed by atoms with van der Waals surface area (Å²) in [5.74, 6) is -0.997. The monoisotopic (exact) mass is 901 g/mol. The first-order valence-electron chi connectivity index (χ1n) is 16.1. The summed E-state index contributed by atoms with van der Waals surface area (Å²) in [5, 5.41) is 44.6. The smallest absolute Gasteiger partial charge is 0.324 e. The molecule has 1 aliphatic heterocycles. The summed E-state index contributed by atoms with van der Waals surface area (Å²) in [6.45, 7) is 3.26. The molecule has 5 N–H and O–H groups in total. The maximum absolute atomic E-state index is 12.7. The Hall–Kier alpha value is -5.26. The van der Waals surface area contributed by atoms with Crippen LogP contribution in [-0.2, 0) is 41.6 Å². The number of amides is 1. The fourth-order valence-corrected chi connectivity index (χ4v) is 6.79. The molecule has 18 nitrogen and oxygen atoms in total. The molecule has 301 valence electrons. The number of aryl methyl sites for hydroxylation is 1. The second-order valence-corrected chi connectivity index (χ2v) is 16.3. The topological polar surface area (TPSA) is 259 Å². The average Bonchev–Trinajstić information content (AvgIpc) is 3.62. The van der Waals surface area contributed by atoms with E-state index in [1.165, 1.54) is 47.1 Å². The number of rotatable bonds is 10. The molecule has 6 rings (SSSR count). The van der Waals surface area contributed by atoms with Gasteiger partial charge in [-0.25, -0.2) is 17.8 Å². The van der Waals surface area contributed by atoms with Crippen LogP contribution in [0.1, 0.15) is 12.6 Å². The minimum Gasteiger partial charge on any atom is -0.547 e. The zero-order valence-corrected chi connectivity index (χ0v) is 34.3. The number of anilines is 1. The molecule has 1 atom stereocenters. The minimum atomic E-state index is -3.84. The second-order valence-electron chi connectivity index (χ2n) is 11.6. The summed E-state index contributed by atoms with van der Waals surface area (Å²) in [4.78, 5) is 25.1. The molecule has 1 aromatic heterocycles. The number of phenolic OH excluding ortho intramolecular Hbond substituents is 2. The van der Waals surface area contributed by atoms with Gasteiger partial charge in [0.15, 0.2) is 11.7 Å². The summed E-state index contributed by atoms with van der Waals surface area (Å²) < 4.78 is 53.2. The van der Waals surface area contributed by atoms with Gasteiger partial charge >= 0.3 is 10.0 Å². The molecular weight excluding hydrogens is 870 g/mol. The SMILES string of the molecule is C[N-]S(=O)(=O)c1ccc(O)c(N=NC2C(=O)N(c3cccc(Cl)c3)N=C2C)c1.C[NH2+]S(=O)(=O)c1ccc(O)c(N=Nc2c(C)[nH]n(-c3cccc(Cl)c3)c2=O)c1.[Co]. The largest absolute Gasteiger partial charge is 0.547 e. The third-order valence-corrected chi connectivity index (χ3v) is 11.2. The molecule has 4 aromatic carbocycles. The maximum atomic E-state index is 12.7. The number of nitrogens with one attached hydrogen (secondary N) is 1. The van der Waals surface area contributed by atoms with Gasteiger partial charge in [0.05, 0.1) is 34.7 Å². The van der Waals surface area contributed by atoms with E-state index in [4.69, 9.17) is 23.2 Å². The van der Waals surface area contributed by atoms with E-state index in [1.807, 2.05) is 0 Å². The van der Waals surface area contributed by atoms with Crippen molar-refractivity contribution in [1.82, 2.24) is 9.78 Å². The van der Waals surface area contributed by atoms with Crippen LogP contribution in [0.3, 0.4) is 0 Å². The van der Waals surface area contributed by atoms with E-state index in [0.29, 0.717) is 32.8 Å². The summed E-state index contributed by atoms with van der Waals surface area (Å²) in [7, 11) is -4.90. The van der Waals surface area contributed by atoms with Gasteiger partial charge in [0.25, 0.3) is 11.5 Å². The van der Waals surface area contributed by atoms with Crippen LogP contribution in [-0.4, -0.2) is 68.6 Å². The second kappa shape index (κ2) is 18.3. The number of carbonyl (C=O) groups excluding carboxylic acids is 1. The van der Waals surface area contributed by atoms with E-state index in [0.717, 1.165) is 17.8 Å². The van der Waals surface area contributed by atoms with Gasteiger partial charge in [-0.1, -0.05) is 35.3 Å². The number of aromatic nitrogens is 2. The standard InChI is InChI=1S/C17H16ClN5O4S.C17H15ClN5O4S.Co/c2*1-10-16(17(25)23(22-10)12-5-3-4-11(18)8-12)21-20-14-9-13(6-7-15(14)24)28(26,27)19-2;/h3-9,19,22,24H,1-2H3;3-9,16H,1-2H3,(H,21,24);/q;-1;/p+1. The Morgan fingerprint density at radius 2 is 1.37 bits per heavy atom. The van der Waals surface area contributed by atoms with Gasteiger partial charge in [-0.15, -0.1) is 10.2 Å². The number of phenols is 2. The number of aromatic hydroxyl groups is 2. The fourth-order valence-electron chi connectivity index (χ4n) is 4.90. The third-order valence-electron chi connectivity index (χ3n) is 7.87. The Bertz CT molecular complexity index is 2710. The molecule has 0 aliphatic carbocycles. The molecule has 0 fully saturated rings. The van der Waals surface area contributed by atoms with E-state index in [2.05, 4.69) is 35.4 Å². The molecule has 23 heteroatoms. The van der Waals surface area contributed by atoms with Crippen molar-refractivity contribution >= 4 is 77.6 Å². The van der Waals surface area contributed by atoms with Crippen molar-refractivity contribution in [2.75, 3.05) is 19.1 Å². The molecule has 1 amide bonds. The Labute approximate surface area is 346 Å². The van der Waals surface area contributed by atoms with Crippen LogP contribution in [0.4, 0.5) is 22.7 Å². The first-order valence-corrected chi connectivity index (χ1v) is 19.8. The molecule has 0 saturated heterocycles. The summed E-state index contributed by atoms with van der Waals surface area (Å²) >= 11 is 11.9. The van der Waals surface area contributed by atoms with Crippen molar-refractivity contribution in [2.45, 2.75) is 29.7 Å². The normalized spacial score (nSPS) is 14.4. The molecule has 0 spiro atoms. The van der Waals surface area contributed by atoms with Gasteiger partial charge in [-0.2, -0.15) is 35.8 Å². The molecular formula is C34H32Cl2CoN10O8S2. The molecule has 0 saturated carbocycles. The van der Waals surface area contributed by atoms with E-state index in [9.17, 15) is 36.6 Å². The number of primary sulfonamides is 1. The predicted molar refractivity (Wildman–Crippen MR) is 208 cm³/mol. The van der Waals surface area contributed by atoms with Crippen LogP contribution in [0.2, 0.25) is 10.0 Å². The number of halogens is 2. The molecule has 2 heterocycles. The van der Waals surface area contributed by atoms with Gasteiger partial charge < -0.3 is 14.9 Å². The first-order chi connectivity index (χ1) is 26.4. The number of quaternary nitrogens is 1. The van der Waals surface area contributed by atoms with Crippen LogP contribution in [0.25, 0.3) is 10.4 Å². The Morgan fingerprint density at radius 1 is 0.807 bits per heavy atom. The number of hydrogen-bond acceptors (Lipinski definition) is 13. The predicted octanol–water partition coefficient (Wildman–Crippen LogP) is 5.74. The van der Waals surface area contributed by atoms with E-state index < -0.39 is 37.6 Å². The number of carbonyl (C=O) groups is 1. The number of H-pyrrole nitrogens is 1. The van der Waals surface area contributed by atoms with Crippen LogP contribution >= 0.6 is 23.2 Å². The number of hydrazone groups is 1. The number of hydrogen-bond donors (Lipinski definition) is 4. The van der Waals surface area contributed by atoms with E-state index in [-0.39, 0.29) is 55.1 Å². The van der Waals surface area contributed by atoms with Crippen LogP contribution in [0, 0.1) is 6.92 Å². The summed E-state index contributed by atoms with van der Waals surface area (Å²) in [6, 6.07) is 19.5. The van der Waals surface area contributed by atoms with Gasteiger partial charge in [-0.05, 0) is 86.6 Å². The Kier molecular flexibility index (Phi) is 14.3. The van der Waals surface area contributed by atoms with Crippen molar-refractivity contribution in [1.29, 1.82) is 0 Å². The first kappa shape index (κ1) is 44.5.